The average Bonchev–Trinajstić information content (AvgIpc) is 2.99. The van der Waals surface area contributed by atoms with Crippen LogP contribution in [0.5, 0.6) is 0 Å². The molecule has 0 N–H and O–H groups in total. The zero-order chi connectivity index (χ0) is 22.7. The molecule has 0 heterocycles. The quantitative estimate of drug-likeness (QED) is 0.295. The Morgan fingerprint density at radius 2 is 1.48 bits per heavy atom. The van der Waals surface area contributed by atoms with Crippen LogP contribution in [-0.2, 0) is 0 Å². The van der Waals surface area contributed by atoms with Gasteiger partial charge in [0.1, 0.15) is 0 Å². The Morgan fingerprint density at radius 1 is 0.806 bits per heavy atom. The van der Waals surface area contributed by atoms with E-state index in [2.05, 4.69) is 19.8 Å². The third kappa shape index (κ3) is 4.24. The fourth-order valence-corrected chi connectivity index (χ4v) is 8.55. The number of halogens is 6. The Morgan fingerprint density at radius 3 is 2.16 bits per heavy atom. The number of fused-ring (bicyclic) bond motifs is 5. The van der Waals surface area contributed by atoms with Crippen LogP contribution in [0.25, 0.3) is 0 Å². The molecule has 0 aromatic heterocycles. The van der Waals surface area contributed by atoms with Crippen LogP contribution in [-0.4, -0.2) is 12.4 Å². The molecule has 4 fully saturated rings. The van der Waals surface area contributed by atoms with E-state index >= 15 is 0 Å². The molecule has 0 radical (unpaired) electrons. The molecule has 0 amide bonds. The summed E-state index contributed by atoms with van der Waals surface area (Å²) in [5, 5.41) is 0. The van der Waals surface area contributed by atoms with Crippen LogP contribution in [0.2, 0.25) is 0 Å². The van der Waals surface area contributed by atoms with Crippen molar-refractivity contribution in [2.24, 2.45) is 46.3 Å². The average molecular weight is 449 g/mol. The molecule has 4 rings (SSSR count). The van der Waals surface area contributed by atoms with Gasteiger partial charge in [-0.05, 0) is 105 Å². The van der Waals surface area contributed by atoms with E-state index in [4.69, 9.17) is 0 Å². The lowest BCUT2D eigenvalue weighted by Gasteiger charge is -2.61. The Hall–Kier alpha value is -0.860. The first kappa shape index (κ1) is 23.3. The van der Waals surface area contributed by atoms with Crippen molar-refractivity contribution in [3.05, 3.63) is 0 Å². The highest BCUT2D eigenvalue weighted by Crippen LogP contribution is 2.68. The van der Waals surface area contributed by atoms with Gasteiger partial charge < -0.3 is 0 Å². The topological polar surface area (TPSA) is 0 Å². The number of alkyl halides is 6. The molecule has 4 aliphatic rings. The maximum atomic E-state index is 13.3. The van der Waals surface area contributed by atoms with E-state index in [1.165, 1.54) is 5.92 Å². The van der Waals surface area contributed by atoms with Crippen LogP contribution in [0.1, 0.15) is 84.5 Å². The van der Waals surface area contributed by atoms with E-state index in [0.717, 1.165) is 44.9 Å². The molecule has 4 saturated carbocycles. The summed E-state index contributed by atoms with van der Waals surface area (Å²) in [6.45, 7) is 4.60. The normalized spacial score (nSPS) is 45.2. The highest BCUT2D eigenvalue weighted by atomic mass is 19.4. The summed E-state index contributed by atoms with van der Waals surface area (Å²) < 4.78 is 77.0. The van der Waals surface area contributed by atoms with Crippen LogP contribution >= 0.6 is 0 Å². The Bertz CT molecular complexity index is 727. The minimum absolute atomic E-state index is 0.0161. The highest BCUT2D eigenvalue weighted by molar-refractivity contribution is 5.10. The third-order valence-corrected chi connectivity index (χ3v) is 10.2. The standard InChI is InChI=1S/C25H34F6/c1-22-14-11-21-19(20(22)9-7-16(22)5-3-4-12-24(26,27)28)8-6-17-15-18(25(29,30)31)10-13-23(17,21)2/h16-21H,3,5-11,13-15H2,1-2H3. The van der Waals surface area contributed by atoms with E-state index in [1.807, 2.05) is 0 Å². The first-order valence-corrected chi connectivity index (χ1v) is 12.0. The second-order valence-corrected chi connectivity index (χ2v) is 11.3. The van der Waals surface area contributed by atoms with Crippen molar-refractivity contribution in [2.75, 3.05) is 0 Å². The number of hydrogen-bond donors (Lipinski definition) is 0. The van der Waals surface area contributed by atoms with Gasteiger partial charge in [-0.3, -0.25) is 0 Å². The molecule has 176 valence electrons. The van der Waals surface area contributed by atoms with Crippen molar-refractivity contribution in [2.45, 2.75) is 96.8 Å². The van der Waals surface area contributed by atoms with Gasteiger partial charge in [-0.15, -0.1) is 0 Å². The molecule has 0 aromatic rings. The molecule has 6 heteroatoms. The van der Waals surface area contributed by atoms with E-state index in [-0.39, 0.29) is 23.2 Å². The minimum Gasteiger partial charge on any atom is -0.171 e. The molecule has 31 heavy (non-hydrogen) atoms. The zero-order valence-corrected chi connectivity index (χ0v) is 18.5. The van der Waals surface area contributed by atoms with Gasteiger partial charge in [0.15, 0.2) is 0 Å². The first-order valence-electron chi connectivity index (χ1n) is 12.0. The van der Waals surface area contributed by atoms with Crippen molar-refractivity contribution in [3.63, 3.8) is 0 Å². The smallest absolute Gasteiger partial charge is 0.171 e. The summed E-state index contributed by atoms with van der Waals surface area (Å²) in [5.74, 6) is 4.78. The Balaban J connectivity index is 1.44. The fourth-order valence-electron chi connectivity index (χ4n) is 8.55. The molecule has 4 aliphatic carbocycles. The predicted octanol–water partition coefficient (Wildman–Crippen LogP) is 8.17. The van der Waals surface area contributed by atoms with Gasteiger partial charge in [0.05, 0.1) is 5.92 Å². The first-order chi connectivity index (χ1) is 14.3. The monoisotopic (exact) mass is 448 g/mol. The fraction of sp³-hybridized carbons (Fsp3) is 0.920. The van der Waals surface area contributed by atoms with Crippen LogP contribution in [0.4, 0.5) is 26.3 Å². The van der Waals surface area contributed by atoms with E-state index < -0.39 is 18.3 Å². The van der Waals surface area contributed by atoms with Gasteiger partial charge in [0.25, 0.3) is 0 Å². The van der Waals surface area contributed by atoms with Crippen molar-refractivity contribution in [3.8, 4) is 11.8 Å². The van der Waals surface area contributed by atoms with Crippen LogP contribution in [0, 0.1) is 58.2 Å². The summed E-state index contributed by atoms with van der Waals surface area (Å²) in [7, 11) is 0. The van der Waals surface area contributed by atoms with Gasteiger partial charge in [-0.2, -0.15) is 26.3 Å². The second-order valence-electron chi connectivity index (χ2n) is 11.3. The van der Waals surface area contributed by atoms with E-state index in [0.29, 0.717) is 42.9 Å². The predicted molar refractivity (Wildman–Crippen MR) is 108 cm³/mol. The largest absolute Gasteiger partial charge is 0.457 e. The van der Waals surface area contributed by atoms with Crippen LogP contribution in [0.15, 0.2) is 0 Å². The highest BCUT2D eigenvalue weighted by Gasteiger charge is 2.61. The van der Waals surface area contributed by atoms with E-state index in [9.17, 15) is 26.3 Å². The second kappa shape index (κ2) is 7.87. The summed E-state index contributed by atoms with van der Waals surface area (Å²) in [6, 6.07) is 0. The van der Waals surface area contributed by atoms with Gasteiger partial charge in [-0.25, -0.2) is 0 Å². The van der Waals surface area contributed by atoms with Crippen molar-refractivity contribution >= 4 is 0 Å². The van der Waals surface area contributed by atoms with Crippen LogP contribution in [0.3, 0.4) is 0 Å². The summed E-state index contributed by atoms with van der Waals surface area (Å²) in [5.41, 5.74) is 0.162. The molecule has 0 aromatic carbocycles. The van der Waals surface area contributed by atoms with Gasteiger partial charge >= 0.3 is 12.4 Å². The van der Waals surface area contributed by atoms with Gasteiger partial charge in [-0.1, -0.05) is 19.8 Å². The lowest BCUT2D eigenvalue weighted by atomic mass is 9.44. The molecule has 8 unspecified atom stereocenters. The Labute approximate surface area is 181 Å². The molecule has 0 saturated heterocycles. The molecule has 0 bridgehead atoms. The minimum atomic E-state index is -4.42. The summed E-state index contributed by atoms with van der Waals surface area (Å²) in [4.78, 5) is 0. The van der Waals surface area contributed by atoms with Crippen LogP contribution < -0.4 is 0 Å². The lowest BCUT2D eigenvalue weighted by Crippen LogP contribution is -2.54. The number of rotatable bonds is 2. The SMILES string of the molecule is CC12CCC3C(CCC4CC(C(F)(F)F)CCC43C)C1CCC2CCC#CC(F)(F)F. The third-order valence-electron chi connectivity index (χ3n) is 10.2. The van der Waals surface area contributed by atoms with E-state index in [1.54, 1.807) is 0 Å². The summed E-state index contributed by atoms with van der Waals surface area (Å²) >= 11 is 0. The van der Waals surface area contributed by atoms with Gasteiger partial charge in [0, 0.05) is 12.3 Å². The zero-order valence-electron chi connectivity index (χ0n) is 18.5. The molecule has 0 aliphatic heterocycles. The molecular formula is C25H34F6. The summed E-state index contributed by atoms with van der Waals surface area (Å²) in [6.07, 6.45) is -0.0234. The molecule has 0 nitrogen and oxygen atoms in total. The molecule has 0 spiro atoms. The lowest BCUT2D eigenvalue weighted by molar-refractivity contribution is -0.208. The van der Waals surface area contributed by atoms with Crippen molar-refractivity contribution in [1.29, 1.82) is 0 Å². The van der Waals surface area contributed by atoms with Gasteiger partial charge in [0.2, 0.25) is 0 Å². The molecule has 8 atom stereocenters. The Kier molecular flexibility index (Phi) is 5.92. The maximum Gasteiger partial charge on any atom is 0.457 e. The molecular weight excluding hydrogens is 414 g/mol. The number of hydrogen-bond acceptors (Lipinski definition) is 0. The van der Waals surface area contributed by atoms with Crippen molar-refractivity contribution < 1.29 is 26.3 Å². The van der Waals surface area contributed by atoms with Crippen molar-refractivity contribution in [1.82, 2.24) is 0 Å². The maximum absolute atomic E-state index is 13.3.